The molecule has 2 heterocycles. The number of ether oxygens (including phenoxy) is 1. The van der Waals surface area contributed by atoms with Crippen molar-refractivity contribution < 1.29 is 23.5 Å². The number of amides is 2. The summed E-state index contributed by atoms with van der Waals surface area (Å²) in [5.74, 6) is 0.706. The Bertz CT molecular complexity index is 645. The van der Waals surface area contributed by atoms with Gasteiger partial charge in [0.15, 0.2) is 0 Å². The van der Waals surface area contributed by atoms with Gasteiger partial charge < -0.3 is 19.0 Å². The van der Waals surface area contributed by atoms with Crippen molar-refractivity contribution in [2.45, 2.75) is 45.6 Å². The van der Waals surface area contributed by atoms with Crippen LogP contribution in [0.2, 0.25) is 0 Å². The van der Waals surface area contributed by atoms with E-state index in [-0.39, 0.29) is 29.6 Å². The molecule has 0 bridgehead atoms. The van der Waals surface area contributed by atoms with Crippen LogP contribution in [0.1, 0.15) is 44.8 Å². The van der Waals surface area contributed by atoms with Crippen LogP contribution in [0.3, 0.4) is 0 Å². The van der Waals surface area contributed by atoms with Gasteiger partial charge in [0.2, 0.25) is 11.8 Å². The predicted octanol–water partition coefficient (Wildman–Crippen LogP) is 2.21. The van der Waals surface area contributed by atoms with Crippen LogP contribution >= 0.6 is 0 Å². The second-order valence-electron chi connectivity index (χ2n) is 7.27. The van der Waals surface area contributed by atoms with Crippen LogP contribution in [-0.2, 0) is 25.7 Å². The van der Waals surface area contributed by atoms with Gasteiger partial charge in [0, 0.05) is 32.0 Å². The Morgan fingerprint density at radius 3 is 2.52 bits per heavy atom. The van der Waals surface area contributed by atoms with Gasteiger partial charge in [0.25, 0.3) is 0 Å². The lowest BCUT2D eigenvalue weighted by Crippen LogP contribution is -2.42. The van der Waals surface area contributed by atoms with Crippen molar-refractivity contribution in [3.63, 3.8) is 0 Å². The first-order chi connectivity index (χ1) is 13.1. The minimum absolute atomic E-state index is 0.0327. The van der Waals surface area contributed by atoms with Crippen LogP contribution in [0, 0.1) is 11.8 Å². The Morgan fingerprint density at radius 1 is 1.19 bits per heavy atom. The van der Waals surface area contributed by atoms with Crippen LogP contribution in [0.4, 0.5) is 0 Å². The highest BCUT2D eigenvalue weighted by Gasteiger charge is 2.34. The van der Waals surface area contributed by atoms with Gasteiger partial charge >= 0.3 is 5.97 Å². The molecule has 1 aliphatic heterocycles. The molecule has 0 radical (unpaired) electrons. The van der Waals surface area contributed by atoms with E-state index in [1.165, 1.54) is 0 Å². The molecule has 0 N–H and O–H groups in total. The van der Waals surface area contributed by atoms with Gasteiger partial charge in [-0.15, -0.1) is 0 Å². The van der Waals surface area contributed by atoms with Gasteiger partial charge in [-0.1, -0.05) is 0 Å². The molecular weight excluding hydrogens is 348 g/mol. The Hall–Kier alpha value is -2.31. The maximum absolute atomic E-state index is 12.6. The smallest absolute Gasteiger partial charge is 0.309 e. The summed E-state index contributed by atoms with van der Waals surface area (Å²) in [5.41, 5.74) is 0. The van der Waals surface area contributed by atoms with Gasteiger partial charge in [0.1, 0.15) is 5.76 Å². The molecule has 2 aliphatic rings. The van der Waals surface area contributed by atoms with E-state index in [0.717, 1.165) is 18.6 Å². The second kappa shape index (κ2) is 9.06. The fourth-order valence-corrected chi connectivity index (χ4v) is 3.46. The molecule has 148 valence electrons. The molecule has 1 saturated carbocycles. The zero-order valence-electron chi connectivity index (χ0n) is 15.9. The first-order valence-electron chi connectivity index (χ1n) is 9.84. The van der Waals surface area contributed by atoms with Crippen LogP contribution in [0.15, 0.2) is 22.8 Å². The fraction of sp³-hybridized carbons (Fsp3) is 0.650. The monoisotopic (exact) mass is 376 g/mol. The van der Waals surface area contributed by atoms with E-state index < -0.39 is 0 Å². The fourth-order valence-electron chi connectivity index (χ4n) is 3.46. The lowest BCUT2D eigenvalue weighted by molar-refractivity contribution is -0.151. The van der Waals surface area contributed by atoms with Crippen LogP contribution < -0.4 is 0 Å². The summed E-state index contributed by atoms with van der Waals surface area (Å²) in [6, 6.07) is 3.64. The van der Waals surface area contributed by atoms with E-state index in [1.807, 2.05) is 6.07 Å². The third kappa shape index (κ3) is 5.34. The maximum Gasteiger partial charge on any atom is 0.309 e. The maximum atomic E-state index is 12.6. The van der Waals surface area contributed by atoms with Gasteiger partial charge in [0.05, 0.1) is 25.3 Å². The van der Waals surface area contributed by atoms with Gasteiger partial charge in [-0.05, 0) is 44.7 Å². The summed E-state index contributed by atoms with van der Waals surface area (Å²) in [6.45, 7) is 4.12. The van der Waals surface area contributed by atoms with E-state index in [0.29, 0.717) is 52.0 Å². The van der Waals surface area contributed by atoms with E-state index >= 15 is 0 Å². The molecule has 1 aromatic heterocycles. The van der Waals surface area contributed by atoms with E-state index in [4.69, 9.17) is 9.15 Å². The summed E-state index contributed by atoms with van der Waals surface area (Å²) in [7, 11) is 0. The van der Waals surface area contributed by atoms with E-state index in [1.54, 1.807) is 29.1 Å². The number of likely N-dealkylation sites (tertiary alicyclic amines) is 1. The summed E-state index contributed by atoms with van der Waals surface area (Å²) >= 11 is 0. The van der Waals surface area contributed by atoms with Crippen molar-refractivity contribution in [3.8, 4) is 0 Å². The summed E-state index contributed by atoms with van der Waals surface area (Å²) in [4.78, 5) is 40.4. The van der Waals surface area contributed by atoms with Gasteiger partial charge in [-0.25, -0.2) is 0 Å². The number of furan rings is 1. The Kier molecular flexibility index (Phi) is 6.53. The predicted molar refractivity (Wildman–Crippen MR) is 97.4 cm³/mol. The number of carbonyl (C=O) groups is 3. The lowest BCUT2D eigenvalue weighted by atomic mass is 9.97. The van der Waals surface area contributed by atoms with Crippen molar-refractivity contribution in [2.24, 2.45) is 11.8 Å². The minimum atomic E-state index is -0.163. The molecule has 0 atom stereocenters. The molecule has 1 aromatic rings. The van der Waals surface area contributed by atoms with Gasteiger partial charge in [-0.2, -0.15) is 0 Å². The summed E-state index contributed by atoms with van der Waals surface area (Å²) < 4.78 is 10.4. The normalized spacial score (nSPS) is 17.6. The second-order valence-corrected chi connectivity index (χ2v) is 7.27. The number of rotatable bonds is 8. The third-order valence-electron chi connectivity index (χ3n) is 5.23. The highest BCUT2D eigenvalue weighted by Crippen LogP contribution is 2.31. The molecule has 0 aromatic carbocycles. The molecule has 1 saturated heterocycles. The molecule has 3 rings (SSSR count). The lowest BCUT2D eigenvalue weighted by Gasteiger charge is -2.31. The third-order valence-corrected chi connectivity index (χ3v) is 5.23. The number of piperidine rings is 1. The molecule has 2 amide bonds. The topological polar surface area (TPSA) is 80.1 Å². The van der Waals surface area contributed by atoms with Crippen molar-refractivity contribution in [1.29, 1.82) is 0 Å². The molecule has 2 fully saturated rings. The van der Waals surface area contributed by atoms with Crippen LogP contribution in [-0.4, -0.2) is 53.8 Å². The van der Waals surface area contributed by atoms with Crippen LogP contribution in [0.25, 0.3) is 0 Å². The average molecular weight is 376 g/mol. The van der Waals surface area contributed by atoms with Gasteiger partial charge in [-0.3, -0.25) is 14.4 Å². The highest BCUT2D eigenvalue weighted by molar-refractivity contribution is 5.82. The largest absolute Gasteiger partial charge is 0.467 e. The average Bonchev–Trinajstić information content (AvgIpc) is 3.41. The Balaban J connectivity index is 1.47. The number of carbonyl (C=O) groups excluding carboxylic acids is 3. The molecule has 7 heteroatoms. The molecule has 1 aliphatic carbocycles. The first-order valence-corrected chi connectivity index (χ1v) is 9.84. The molecule has 7 nitrogen and oxygen atoms in total. The summed E-state index contributed by atoms with van der Waals surface area (Å²) in [6.07, 6.45) is 5.03. The summed E-state index contributed by atoms with van der Waals surface area (Å²) in [5, 5.41) is 0. The number of nitrogens with zero attached hydrogens (tertiary/aromatic N) is 2. The van der Waals surface area contributed by atoms with Crippen molar-refractivity contribution in [3.05, 3.63) is 24.2 Å². The van der Waals surface area contributed by atoms with Crippen LogP contribution in [0.5, 0.6) is 0 Å². The van der Waals surface area contributed by atoms with E-state index in [2.05, 4.69) is 0 Å². The first kappa shape index (κ1) is 19.5. The Labute approximate surface area is 159 Å². The quantitative estimate of drug-likeness (QED) is 0.650. The Morgan fingerprint density at radius 2 is 1.93 bits per heavy atom. The minimum Gasteiger partial charge on any atom is -0.467 e. The molecule has 0 spiro atoms. The zero-order chi connectivity index (χ0) is 19.2. The van der Waals surface area contributed by atoms with E-state index in [9.17, 15) is 14.4 Å². The highest BCUT2D eigenvalue weighted by atomic mass is 16.5. The molecule has 27 heavy (non-hydrogen) atoms. The molecular formula is C20H28N2O5. The van der Waals surface area contributed by atoms with Crippen molar-refractivity contribution >= 4 is 17.8 Å². The number of hydrogen-bond donors (Lipinski definition) is 0. The number of hydrogen-bond acceptors (Lipinski definition) is 5. The SMILES string of the molecule is CCOC(=O)C1CCN(C(=O)CCN(Cc2ccco2)C(=O)C2CC2)CC1. The number of esters is 1. The standard InChI is InChI=1S/C20H28N2O5/c1-2-26-20(25)16-7-10-21(11-8-16)18(23)9-12-22(19(24)15-5-6-15)14-17-4-3-13-27-17/h3-4,13,15-16H,2,5-12,14H2,1H3. The van der Waals surface area contributed by atoms with Crippen molar-refractivity contribution in [1.82, 2.24) is 9.80 Å². The van der Waals surface area contributed by atoms with Crippen molar-refractivity contribution in [2.75, 3.05) is 26.2 Å². The molecule has 0 unspecified atom stereocenters. The zero-order valence-corrected chi connectivity index (χ0v) is 15.9.